The maximum Gasteiger partial charge on any atom is -0.0386 e. The molecule has 0 bridgehead atoms. The van der Waals surface area contributed by atoms with E-state index < -0.39 is 0 Å². The second-order valence-electron chi connectivity index (χ2n) is 0.866. The Morgan fingerprint density at radius 1 is 1.25 bits per heavy atom. The van der Waals surface area contributed by atoms with E-state index in [9.17, 15) is 0 Å². The molecular weight excluding hydrogens is 116 g/mol. The van der Waals surface area contributed by atoms with Crippen LogP contribution in [-0.4, -0.2) is 0 Å². The van der Waals surface area contributed by atoms with E-state index in [1.54, 1.807) is 0 Å². The largest absolute Gasteiger partial charge is 0.114 e. The second-order valence-corrected chi connectivity index (χ2v) is 0.866. The van der Waals surface area contributed by atoms with Gasteiger partial charge in [0.25, 0.3) is 0 Å². The Hall–Kier alpha value is 0.480. The molecule has 0 spiro atoms. The van der Waals surface area contributed by atoms with E-state index in [0.29, 0.717) is 0 Å². The zero-order valence-electron chi connectivity index (χ0n) is 2.40. The van der Waals surface area contributed by atoms with Gasteiger partial charge in [-0.15, -0.1) is 17.0 Å². The topological polar surface area (TPSA) is 0 Å². The summed E-state index contributed by atoms with van der Waals surface area (Å²) in [5.74, 6) is 0. The lowest BCUT2D eigenvalue weighted by Gasteiger charge is -1.05. The van der Waals surface area contributed by atoms with Crippen molar-refractivity contribution in [2.75, 3.05) is 0 Å². The molecule has 1 radical (unpaired) electrons. The third-order valence-electron chi connectivity index (χ3n) is 0.289. The smallest absolute Gasteiger partial charge is 0.0386 e. The van der Waals surface area contributed by atoms with Crippen molar-refractivity contribution < 1.29 is 0 Å². The predicted octanol–water partition coefficient (Wildman–Crippen LogP) is 1.56. The van der Waals surface area contributed by atoms with Gasteiger partial charge in [0.15, 0.2) is 0 Å². The van der Waals surface area contributed by atoms with Crippen LogP contribution in [0.15, 0.2) is 0 Å². The van der Waals surface area contributed by atoms with Crippen molar-refractivity contribution in [2.45, 2.75) is 12.8 Å². The van der Waals surface area contributed by atoms with E-state index in [1.165, 1.54) is 12.8 Å². The SMILES string of the molecule is Br.[CH]1CC1. The molecule has 0 aromatic carbocycles. The molecule has 0 aromatic heterocycles. The van der Waals surface area contributed by atoms with Gasteiger partial charge in [0, 0.05) is 0 Å². The Morgan fingerprint density at radius 3 is 1.50 bits per heavy atom. The number of hydrogen-bond donors (Lipinski definition) is 0. The Labute approximate surface area is 37.0 Å². The fourth-order valence-corrected chi connectivity index (χ4v) is 0. The summed E-state index contributed by atoms with van der Waals surface area (Å²) in [6.07, 6.45) is 5.00. The molecule has 0 atom stereocenters. The van der Waals surface area contributed by atoms with Gasteiger partial charge >= 0.3 is 0 Å². The predicted molar refractivity (Wildman–Crippen MR) is 23.9 cm³/mol. The van der Waals surface area contributed by atoms with Crippen LogP contribution in [0.3, 0.4) is 0 Å². The standard InChI is InChI=1S/C3H5.BrH/c1-2-3-1;/h1H,2-3H2;1H. The molecule has 0 saturated heterocycles. The molecule has 0 aromatic rings. The summed E-state index contributed by atoms with van der Waals surface area (Å²) in [5.41, 5.74) is 0. The van der Waals surface area contributed by atoms with Crippen LogP contribution in [0.25, 0.3) is 0 Å². The number of hydrogen-bond acceptors (Lipinski definition) is 0. The van der Waals surface area contributed by atoms with Crippen LogP contribution in [0.2, 0.25) is 0 Å². The van der Waals surface area contributed by atoms with Crippen molar-refractivity contribution in [3.8, 4) is 0 Å². The van der Waals surface area contributed by atoms with Gasteiger partial charge in [-0.3, -0.25) is 0 Å². The Bertz CT molecular complexity index is 8.00. The van der Waals surface area contributed by atoms with E-state index in [4.69, 9.17) is 0 Å². The van der Waals surface area contributed by atoms with Crippen LogP contribution in [0.5, 0.6) is 0 Å². The first-order valence-electron chi connectivity index (χ1n) is 1.32. The number of rotatable bonds is 0. The molecule has 0 aliphatic heterocycles. The van der Waals surface area contributed by atoms with E-state index in [2.05, 4.69) is 6.42 Å². The Morgan fingerprint density at radius 2 is 1.50 bits per heavy atom. The monoisotopic (exact) mass is 121 g/mol. The van der Waals surface area contributed by atoms with Gasteiger partial charge in [0.2, 0.25) is 0 Å². The maximum absolute atomic E-state index is 2.25. The molecule has 1 aliphatic rings. The molecule has 1 rings (SSSR count). The molecule has 1 heteroatoms. The van der Waals surface area contributed by atoms with Gasteiger partial charge < -0.3 is 0 Å². The molecule has 0 N–H and O–H groups in total. The van der Waals surface area contributed by atoms with Crippen LogP contribution < -0.4 is 0 Å². The second kappa shape index (κ2) is 1.77. The molecular formula is C3H6Br. The highest BCUT2D eigenvalue weighted by Crippen LogP contribution is 2.12. The molecule has 0 amide bonds. The number of halogens is 1. The van der Waals surface area contributed by atoms with Crippen molar-refractivity contribution in [3.63, 3.8) is 0 Å². The minimum atomic E-state index is 0. The first-order valence-corrected chi connectivity index (χ1v) is 1.32. The van der Waals surface area contributed by atoms with Crippen LogP contribution >= 0.6 is 17.0 Å². The van der Waals surface area contributed by atoms with Gasteiger partial charge in [0.05, 0.1) is 0 Å². The average molecular weight is 122 g/mol. The maximum atomic E-state index is 2.25. The fourth-order valence-electron chi connectivity index (χ4n) is 0. The van der Waals surface area contributed by atoms with Crippen molar-refractivity contribution in [2.24, 2.45) is 0 Å². The Balaban J connectivity index is 0.0000000900. The summed E-state index contributed by atoms with van der Waals surface area (Å²) in [5, 5.41) is 0. The lowest BCUT2D eigenvalue weighted by Crippen LogP contribution is -0.898. The third kappa shape index (κ3) is 2.48. The molecule has 4 heavy (non-hydrogen) atoms. The van der Waals surface area contributed by atoms with E-state index in [0.717, 1.165) is 0 Å². The quantitative estimate of drug-likeness (QED) is 0.457. The van der Waals surface area contributed by atoms with Gasteiger partial charge in [0.1, 0.15) is 0 Å². The summed E-state index contributed by atoms with van der Waals surface area (Å²) in [6, 6.07) is 0. The van der Waals surface area contributed by atoms with Crippen LogP contribution in [-0.2, 0) is 0 Å². The average Bonchev–Trinajstić information content (AvgIpc) is 1.46. The van der Waals surface area contributed by atoms with Gasteiger partial charge in [-0.05, 0) is 19.3 Å². The highest BCUT2D eigenvalue weighted by Gasteiger charge is 1.95. The van der Waals surface area contributed by atoms with Crippen LogP contribution in [0.1, 0.15) is 12.8 Å². The molecule has 0 unspecified atom stereocenters. The molecule has 1 aliphatic carbocycles. The molecule has 1 saturated carbocycles. The minimum Gasteiger partial charge on any atom is -0.114 e. The molecule has 0 heterocycles. The van der Waals surface area contributed by atoms with E-state index in [-0.39, 0.29) is 17.0 Å². The summed E-state index contributed by atoms with van der Waals surface area (Å²) >= 11 is 0. The lowest BCUT2D eigenvalue weighted by atomic mass is 11.0. The van der Waals surface area contributed by atoms with Crippen molar-refractivity contribution in [1.29, 1.82) is 0 Å². The normalized spacial score (nSPS) is 18.0. The first-order chi connectivity index (χ1) is 1.50. The van der Waals surface area contributed by atoms with Crippen LogP contribution in [0, 0.1) is 6.42 Å². The highest BCUT2D eigenvalue weighted by atomic mass is 79.9. The minimum absolute atomic E-state index is 0. The zero-order chi connectivity index (χ0) is 2.12. The van der Waals surface area contributed by atoms with Crippen molar-refractivity contribution in [3.05, 3.63) is 6.42 Å². The molecule has 25 valence electrons. The Kier molecular flexibility index (Phi) is 1.98. The molecule has 1 fully saturated rings. The highest BCUT2D eigenvalue weighted by molar-refractivity contribution is 8.93. The summed E-state index contributed by atoms with van der Waals surface area (Å²) in [6.45, 7) is 0. The van der Waals surface area contributed by atoms with Gasteiger partial charge in [-0.1, -0.05) is 0 Å². The summed E-state index contributed by atoms with van der Waals surface area (Å²) in [4.78, 5) is 0. The summed E-state index contributed by atoms with van der Waals surface area (Å²) in [7, 11) is 0. The van der Waals surface area contributed by atoms with Gasteiger partial charge in [-0.25, -0.2) is 0 Å². The van der Waals surface area contributed by atoms with Crippen molar-refractivity contribution in [1.82, 2.24) is 0 Å². The van der Waals surface area contributed by atoms with E-state index >= 15 is 0 Å². The lowest BCUT2D eigenvalue weighted by molar-refractivity contribution is 1.50. The molecule has 0 nitrogen and oxygen atoms in total. The zero-order valence-corrected chi connectivity index (χ0v) is 4.11. The van der Waals surface area contributed by atoms with E-state index in [1.807, 2.05) is 0 Å². The first kappa shape index (κ1) is 4.48. The fraction of sp³-hybridized carbons (Fsp3) is 0.667. The summed E-state index contributed by atoms with van der Waals surface area (Å²) < 4.78 is 0. The van der Waals surface area contributed by atoms with Crippen LogP contribution in [0.4, 0.5) is 0 Å². The third-order valence-corrected chi connectivity index (χ3v) is 0.289. The van der Waals surface area contributed by atoms with Crippen molar-refractivity contribution >= 4 is 17.0 Å². The van der Waals surface area contributed by atoms with Gasteiger partial charge in [-0.2, -0.15) is 0 Å².